The summed E-state index contributed by atoms with van der Waals surface area (Å²) < 4.78 is 31.1. The maximum Gasteiger partial charge on any atom is 0.139 e. The molecule has 0 unspecified atom stereocenters. The molecule has 0 radical (unpaired) electrons. The van der Waals surface area contributed by atoms with Crippen LogP contribution in [0.1, 0.15) is 0 Å². The summed E-state index contributed by atoms with van der Waals surface area (Å²) in [6, 6.07) is 14.4. The second-order valence-corrected chi connectivity index (χ2v) is 5.06. The molecule has 0 saturated carbocycles. The molecule has 0 atom stereocenters. The van der Waals surface area contributed by atoms with Crippen molar-refractivity contribution >= 4 is 10.8 Å². The molecule has 3 aromatic carbocycles. The number of hydrogen-bond donors (Lipinski definition) is 0. The summed E-state index contributed by atoms with van der Waals surface area (Å²) in [6.45, 7) is 0. The lowest BCUT2D eigenvalue weighted by molar-refractivity contribution is 0.377. The van der Waals surface area contributed by atoms with Crippen LogP contribution in [0.25, 0.3) is 21.9 Å². The average molecular weight is 312 g/mol. The molecule has 0 saturated heterocycles. The Morgan fingerprint density at radius 3 is 2.04 bits per heavy atom. The van der Waals surface area contributed by atoms with Gasteiger partial charge < -0.3 is 14.2 Å². The fraction of sp³-hybridized carbons (Fsp3) is 0.158. The molecule has 118 valence electrons. The van der Waals surface area contributed by atoms with Crippen molar-refractivity contribution in [3.63, 3.8) is 0 Å². The van der Waals surface area contributed by atoms with Gasteiger partial charge in [0.25, 0.3) is 0 Å². The number of ether oxygens (including phenoxy) is 3. The minimum absolute atomic E-state index is 0.301. The number of benzene rings is 3. The molecular weight excluding hydrogens is 295 g/mol. The Labute approximate surface area is 134 Å². The standard InChI is InChI=1S/C19H17FO3/c1-21-13-10-16(22-2)18(17(11-13)23-3)15-9-8-12-6-4-5-7-14(12)19(15)20/h4-11H,1-3H3. The molecule has 3 rings (SSSR count). The molecule has 0 heterocycles. The van der Waals surface area contributed by atoms with Crippen molar-refractivity contribution < 1.29 is 18.6 Å². The second-order valence-electron chi connectivity index (χ2n) is 5.06. The molecule has 0 spiro atoms. The topological polar surface area (TPSA) is 27.7 Å². The molecule has 0 aliphatic carbocycles. The summed E-state index contributed by atoms with van der Waals surface area (Å²) >= 11 is 0. The van der Waals surface area contributed by atoms with E-state index in [1.165, 1.54) is 14.2 Å². The number of methoxy groups -OCH3 is 3. The fourth-order valence-electron chi connectivity index (χ4n) is 2.70. The predicted octanol–water partition coefficient (Wildman–Crippen LogP) is 4.67. The highest BCUT2D eigenvalue weighted by Gasteiger charge is 2.19. The highest BCUT2D eigenvalue weighted by molar-refractivity contribution is 5.90. The number of rotatable bonds is 4. The van der Waals surface area contributed by atoms with Gasteiger partial charge in [-0.15, -0.1) is 0 Å². The van der Waals surface area contributed by atoms with Crippen molar-refractivity contribution in [1.29, 1.82) is 0 Å². The molecule has 23 heavy (non-hydrogen) atoms. The van der Waals surface area contributed by atoms with E-state index in [0.29, 0.717) is 33.8 Å². The monoisotopic (exact) mass is 312 g/mol. The molecule has 4 heteroatoms. The van der Waals surface area contributed by atoms with Gasteiger partial charge in [-0.3, -0.25) is 0 Å². The Morgan fingerprint density at radius 2 is 1.43 bits per heavy atom. The Morgan fingerprint density at radius 1 is 0.783 bits per heavy atom. The summed E-state index contributed by atoms with van der Waals surface area (Å²) in [5.74, 6) is 1.28. The summed E-state index contributed by atoms with van der Waals surface area (Å²) in [6.07, 6.45) is 0. The lowest BCUT2D eigenvalue weighted by Crippen LogP contribution is -1.97. The van der Waals surface area contributed by atoms with E-state index in [1.807, 2.05) is 24.3 Å². The van der Waals surface area contributed by atoms with Crippen LogP contribution in [0.2, 0.25) is 0 Å². The highest BCUT2D eigenvalue weighted by Crippen LogP contribution is 2.43. The first-order valence-electron chi connectivity index (χ1n) is 7.17. The van der Waals surface area contributed by atoms with Crippen molar-refractivity contribution in [2.24, 2.45) is 0 Å². The van der Waals surface area contributed by atoms with Crippen LogP contribution < -0.4 is 14.2 Å². The Bertz CT molecular complexity index is 833. The molecule has 0 amide bonds. The van der Waals surface area contributed by atoms with Crippen LogP contribution in [0, 0.1) is 5.82 Å². The largest absolute Gasteiger partial charge is 0.496 e. The van der Waals surface area contributed by atoms with Gasteiger partial charge in [-0.05, 0) is 5.39 Å². The predicted molar refractivity (Wildman–Crippen MR) is 89.0 cm³/mol. The molecule has 3 aromatic rings. The van der Waals surface area contributed by atoms with Gasteiger partial charge in [0.1, 0.15) is 23.1 Å². The number of fused-ring (bicyclic) bond motifs is 1. The minimum Gasteiger partial charge on any atom is -0.496 e. The fourth-order valence-corrected chi connectivity index (χ4v) is 2.70. The zero-order chi connectivity index (χ0) is 16.4. The number of hydrogen-bond acceptors (Lipinski definition) is 3. The highest BCUT2D eigenvalue weighted by atomic mass is 19.1. The average Bonchev–Trinajstić information content (AvgIpc) is 2.61. The molecule has 0 fully saturated rings. The van der Waals surface area contributed by atoms with E-state index in [4.69, 9.17) is 14.2 Å². The molecular formula is C19H17FO3. The third-order valence-corrected chi connectivity index (χ3v) is 3.85. The molecule has 0 bridgehead atoms. The normalized spacial score (nSPS) is 10.6. The van der Waals surface area contributed by atoms with Gasteiger partial charge in [0.05, 0.1) is 26.9 Å². The smallest absolute Gasteiger partial charge is 0.139 e. The molecule has 0 aromatic heterocycles. The summed E-state index contributed by atoms with van der Waals surface area (Å²) in [5, 5.41) is 1.41. The van der Waals surface area contributed by atoms with E-state index in [-0.39, 0.29) is 5.82 Å². The summed E-state index contributed by atoms with van der Waals surface area (Å²) in [4.78, 5) is 0. The van der Waals surface area contributed by atoms with Gasteiger partial charge in [0.2, 0.25) is 0 Å². The third-order valence-electron chi connectivity index (χ3n) is 3.85. The van der Waals surface area contributed by atoms with Crippen molar-refractivity contribution in [2.75, 3.05) is 21.3 Å². The van der Waals surface area contributed by atoms with E-state index in [0.717, 1.165) is 5.39 Å². The zero-order valence-electron chi connectivity index (χ0n) is 13.2. The van der Waals surface area contributed by atoms with Gasteiger partial charge in [0, 0.05) is 23.1 Å². The molecule has 3 nitrogen and oxygen atoms in total. The Kier molecular flexibility index (Phi) is 4.06. The van der Waals surface area contributed by atoms with E-state index < -0.39 is 0 Å². The van der Waals surface area contributed by atoms with Crippen LogP contribution in [0.4, 0.5) is 4.39 Å². The van der Waals surface area contributed by atoms with Gasteiger partial charge in [-0.1, -0.05) is 36.4 Å². The zero-order valence-corrected chi connectivity index (χ0v) is 13.2. The van der Waals surface area contributed by atoms with E-state index in [2.05, 4.69) is 0 Å². The van der Waals surface area contributed by atoms with E-state index in [1.54, 1.807) is 31.4 Å². The first-order chi connectivity index (χ1) is 11.2. The van der Waals surface area contributed by atoms with Crippen LogP contribution in [-0.2, 0) is 0 Å². The van der Waals surface area contributed by atoms with Crippen molar-refractivity contribution in [2.45, 2.75) is 0 Å². The molecule has 0 aliphatic heterocycles. The lowest BCUT2D eigenvalue weighted by Gasteiger charge is -2.16. The molecule has 0 aliphatic rings. The minimum atomic E-state index is -0.301. The maximum absolute atomic E-state index is 15.0. The van der Waals surface area contributed by atoms with Crippen molar-refractivity contribution in [3.8, 4) is 28.4 Å². The summed E-state index contributed by atoms with van der Waals surface area (Å²) in [7, 11) is 4.64. The van der Waals surface area contributed by atoms with E-state index >= 15 is 4.39 Å². The first kappa shape index (κ1) is 15.2. The van der Waals surface area contributed by atoms with E-state index in [9.17, 15) is 0 Å². The van der Waals surface area contributed by atoms with Gasteiger partial charge in [-0.25, -0.2) is 4.39 Å². The van der Waals surface area contributed by atoms with Gasteiger partial charge in [0.15, 0.2) is 0 Å². The Balaban J connectivity index is 2.32. The van der Waals surface area contributed by atoms with Crippen LogP contribution in [-0.4, -0.2) is 21.3 Å². The first-order valence-corrected chi connectivity index (χ1v) is 7.17. The van der Waals surface area contributed by atoms with Crippen LogP contribution in [0.5, 0.6) is 17.2 Å². The van der Waals surface area contributed by atoms with Crippen molar-refractivity contribution in [1.82, 2.24) is 0 Å². The lowest BCUT2D eigenvalue weighted by atomic mass is 9.98. The second kappa shape index (κ2) is 6.16. The number of halogens is 1. The quantitative estimate of drug-likeness (QED) is 0.700. The SMILES string of the molecule is COc1cc(OC)c(-c2ccc3ccccc3c2F)c(OC)c1. The van der Waals surface area contributed by atoms with Crippen LogP contribution in [0.3, 0.4) is 0 Å². The van der Waals surface area contributed by atoms with Crippen LogP contribution in [0.15, 0.2) is 48.5 Å². The summed E-state index contributed by atoms with van der Waals surface area (Å²) in [5.41, 5.74) is 0.999. The van der Waals surface area contributed by atoms with Crippen LogP contribution >= 0.6 is 0 Å². The Hall–Kier alpha value is -2.75. The third kappa shape index (κ3) is 2.57. The molecule has 0 N–H and O–H groups in total. The van der Waals surface area contributed by atoms with Gasteiger partial charge in [-0.2, -0.15) is 0 Å². The van der Waals surface area contributed by atoms with Crippen molar-refractivity contribution in [3.05, 3.63) is 54.3 Å². The maximum atomic E-state index is 15.0. The van der Waals surface area contributed by atoms with Gasteiger partial charge >= 0.3 is 0 Å².